The summed E-state index contributed by atoms with van der Waals surface area (Å²) in [6.45, 7) is 1.82. The number of hydrogen-bond donors (Lipinski definition) is 0. The summed E-state index contributed by atoms with van der Waals surface area (Å²) in [5.74, 6) is -0.0567. The van der Waals surface area contributed by atoms with Crippen LogP contribution in [0.3, 0.4) is 0 Å². The van der Waals surface area contributed by atoms with Crippen molar-refractivity contribution in [1.29, 1.82) is 5.26 Å². The van der Waals surface area contributed by atoms with E-state index in [1.807, 2.05) is 12.1 Å². The Kier molecular flexibility index (Phi) is 7.57. The quantitative estimate of drug-likeness (QED) is 0.475. The Hall–Kier alpha value is -2.04. The molecule has 7 heteroatoms. The second-order valence-electron chi connectivity index (χ2n) is 7.06. The van der Waals surface area contributed by atoms with Gasteiger partial charge in [0.15, 0.2) is 12.4 Å². The van der Waals surface area contributed by atoms with Gasteiger partial charge < -0.3 is 14.4 Å². The van der Waals surface area contributed by atoms with Gasteiger partial charge in [-0.15, -0.1) is 11.3 Å². The lowest BCUT2D eigenvalue weighted by molar-refractivity contribution is -0.145. The number of thiophene rings is 1. The highest BCUT2D eigenvalue weighted by Crippen LogP contribution is 2.46. The van der Waals surface area contributed by atoms with Crippen LogP contribution >= 0.6 is 27.3 Å². The van der Waals surface area contributed by atoms with Gasteiger partial charge in [0.1, 0.15) is 10.9 Å². The molecule has 2 aromatic rings. The standard InChI is InChI=1S/C22H25BrN2O3S/c1-3-27-19(26)14-28-21-18(13-24)29-22(20(21)23)15-8-7-11-17(12-15)25(2)16-9-5-4-6-10-16/h7-8,11-12,16H,3-6,9-10,14H2,1-2H3. The topological polar surface area (TPSA) is 62.6 Å². The molecule has 1 heterocycles. The molecular formula is C22H25BrN2O3S. The van der Waals surface area contributed by atoms with Gasteiger partial charge >= 0.3 is 5.97 Å². The number of carbonyl (C=O) groups excluding carboxylic acids is 1. The number of halogens is 1. The van der Waals surface area contributed by atoms with Gasteiger partial charge in [0.25, 0.3) is 0 Å². The minimum Gasteiger partial charge on any atom is -0.478 e. The summed E-state index contributed by atoms with van der Waals surface area (Å²) in [5.41, 5.74) is 2.19. The van der Waals surface area contributed by atoms with E-state index in [9.17, 15) is 10.1 Å². The number of carbonyl (C=O) groups is 1. The smallest absolute Gasteiger partial charge is 0.344 e. The average molecular weight is 477 g/mol. The van der Waals surface area contributed by atoms with Gasteiger partial charge in [-0.25, -0.2) is 4.79 Å². The van der Waals surface area contributed by atoms with Gasteiger partial charge in [0.05, 0.1) is 16.0 Å². The van der Waals surface area contributed by atoms with E-state index < -0.39 is 5.97 Å². The van der Waals surface area contributed by atoms with Crippen LogP contribution in [-0.2, 0) is 9.53 Å². The zero-order chi connectivity index (χ0) is 20.8. The van der Waals surface area contributed by atoms with E-state index in [1.165, 1.54) is 49.1 Å². The molecule has 1 aromatic heterocycles. The van der Waals surface area contributed by atoms with Gasteiger partial charge in [0, 0.05) is 18.8 Å². The van der Waals surface area contributed by atoms with Gasteiger partial charge in [-0.3, -0.25) is 0 Å². The Balaban J connectivity index is 1.85. The summed E-state index contributed by atoms with van der Waals surface area (Å²) in [6.07, 6.45) is 6.37. The second-order valence-corrected chi connectivity index (χ2v) is 8.88. The summed E-state index contributed by atoms with van der Waals surface area (Å²) < 4.78 is 11.2. The fourth-order valence-corrected chi connectivity index (χ4v) is 5.51. The minimum atomic E-state index is -0.452. The van der Waals surface area contributed by atoms with E-state index in [0.29, 0.717) is 27.7 Å². The van der Waals surface area contributed by atoms with Crippen LogP contribution in [0.5, 0.6) is 5.75 Å². The molecule has 0 unspecified atom stereocenters. The molecule has 0 bridgehead atoms. The normalized spacial score (nSPS) is 14.3. The highest BCUT2D eigenvalue weighted by Gasteiger charge is 2.22. The molecular weight excluding hydrogens is 452 g/mol. The first-order valence-corrected chi connectivity index (χ1v) is 11.5. The monoisotopic (exact) mass is 476 g/mol. The Labute approximate surface area is 184 Å². The van der Waals surface area contributed by atoms with Crippen molar-refractivity contribution in [2.24, 2.45) is 0 Å². The summed E-state index contributed by atoms with van der Waals surface area (Å²) in [6, 6.07) is 11.1. The maximum absolute atomic E-state index is 11.6. The Morgan fingerprint density at radius 3 is 2.79 bits per heavy atom. The molecule has 1 saturated carbocycles. The van der Waals surface area contributed by atoms with Crippen LogP contribution in [-0.4, -0.2) is 32.3 Å². The van der Waals surface area contributed by atoms with Crippen molar-refractivity contribution < 1.29 is 14.3 Å². The van der Waals surface area contributed by atoms with Gasteiger partial charge in [-0.2, -0.15) is 5.26 Å². The zero-order valence-electron chi connectivity index (χ0n) is 16.7. The molecule has 1 aromatic carbocycles. The number of nitriles is 1. The summed E-state index contributed by atoms with van der Waals surface area (Å²) >= 11 is 4.93. The summed E-state index contributed by atoms with van der Waals surface area (Å²) in [5, 5.41) is 9.52. The van der Waals surface area contributed by atoms with E-state index in [4.69, 9.17) is 9.47 Å². The lowest BCUT2D eigenvalue weighted by Crippen LogP contribution is -2.33. The molecule has 0 saturated heterocycles. The molecule has 154 valence electrons. The average Bonchev–Trinajstić information content (AvgIpc) is 3.08. The number of hydrogen-bond acceptors (Lipinski definition) is 6. The highest BCUT2D eigenvalue weighted by molar-refractivity contribution is 9.10. The third-order valence-corrected chi connectivity index (χ3v) is 7.33. The van der Waals surface area contributed by atoms with Crippen LogP contribution in [0.2, 0.25) is 0 Å². The number of benzene rings is 1. The van der Waals surface area contributed by atoms with Crippen LogP contribution in [0.25, 0.3) is 10.4 Å². The third-order valence-electron chi connectivity index (χ3n) is 5.19. The van der Waals surface area contributed by atoms with Crippen molar-refractivity contribution in [2.75, 3.05) is 25.2 Å². The van der Waals surface area contributed by atoms with Gasteiger partial charge in [-0.1, -0.05) is 31.4 Å². The lowest BCUT2D eigenvalue weighted by atomic mass is 9.94. The van der Waals surface area contributed by atoms with E-state index in [0.717, 1.165) is 10.4 Å². The summed E-state index contributed by atoms with van der Waals surface area (Å²) in [4.78, 5) is 15.3. The molecule has 0 amide bonds. The number of esters is 1. The van der Waals surface area contributed by atoms with E-state index in [2.05, 4.69) is 46.1 Å². The predicted octanol–water partition coefficient (Wildman–Crippen LogP) is 5.76. The van der Waals surface area contributed by atoms with Crippen molar-refractivity contribution in [3.63, 3.8) is 0 Å². The van der Waals surface area contributed by atoms with Crippen LogP contribution < -0.4 is 9.64 Å². The molecule has 3 rings (SSSR count). The van der Waals surface area contributed by atoms with Crippen LogP contribution in [0.4, 0.5) is 5.69 Å². The van der Waals surface area contributed by atoms with Crippen molar-refractivity contribution in [1.82, 2.24) is 0 Å². The largest absolute Gasteiger partial charge is 0.478 e. The van der Waals surface area contributed by atoms with E-state index in [-0.39, 0.29) is 6.61 Å². The van der Waals surface area contributed by atoms with Crippen LogP contribution in [0.15, 0.2) is 28.7 Å². The van der Waals surface area contributed by atoms with E-state index in [1.54, 1.807) is 6.92 Å². The number of ether oxygens (including phenoxy) is 2. The van der Waals surface area contributed by atoms with Crippen molar-refractivity contribution in [3.8, 4) is 22.3 Å². The SMILES string of the molecule is CCOC(=O)COc1c(C#N)sc(-c2cccc(N(C)C3CCCCC3)c2)c1Br. The lowest BCUT2D eigenvalue weighted by Gasteiger charge is -2.33. The highest BCUT2D eigenvalue weighted by atomic mass is 79.9. The van der Waals surface area contributed by atoms with Crippen molar-refractivity contribution in [3.05, 3.63) is 33.6 Å². The zero-order valence-corrected chi connectivity index (χ0v) is 19.1. The van der Waals surface area contributed by atoms with E-state index >= 15 is 0 Å². The molecule has 5 nitrogen and oxygen atoms in total. The molecule has 1 fully saturated rings. The fourth-order valence-electron chi connectivity index (χ4n) is 3.66. The van der Waals surface area contributed by atoms with Crippen LogP contribution in [0.1, 0.15) is 43.9 Å². The van der Waals surface area contributed by atoms with Gasteiger partial charge in [-0.05, 0) is 53.4 Å². The molecule has 1 aliphatic carbocycles. The molecule has 1 aliphatic rings. The van der Waals surface area contributed by atoms with Crippen LogP contribution in [0, 0.1) is 11.3 Å². The molecule has 0 N–H and O–H groups in total. The molecule has 0 radical (unpaired) electrons. The molecule has 0 spiro atoms. The first-order chi connectivity index (χ1) is 14.0. The van der Waals surface area contributed by atoms with Crippen molar-refractivity contribution in [2.45, 2.75) is 45.1 Å². The Bertz CT molecular complexity index is 900. The second kappa shape index (κ2) is 10.1. The molecule has 29 heavy (non-hydrogen) atoms. The predicted molar refractivity (Wildman–Crippen MR) is 120 cm³/mol. The summed E-state index contributed by atoms with van der Waals surface area (Å²) in [7, 11) is 2.16. The number of nitrogens with zero attached hydrogens (tertiary/aromatic N) is 2. The maximum Gasteiger partial charge on any atom is 0.344 e. The van der Waals surface area contributed by atoms with Crippen molar-refractivity contribution >= 4 is 38.9 Å². The fraction of sp³-hybridized carbons (Fsp3) is 0.455. The Morgan fingerprint density at radius 1 is 1.34 bits per heavy atom. The number of anilines is 1. The third kappa shape index (κ3) is 5.12. The minimum absolute atomic E-state index is 0.220. The first-order valence-electron chi connectivity index (χ1n) is 9.89. The van der Waals surface area contributed by atoms with Gasteiger partial charge in [0.2, 0.25) is 0 Å². The molecule has 0 aliphatic heterocycles. The Morgan fingerprint density at radius 2 is 2.10 bits per heavy atom. The first kappa shape index (κ1) is 21.7. The molecule has 0 atom stereocenters. The number of rotatable bonds is 7. The maximum atomic E-state index is 11.6.